The van der Waals surface area contributed by atoms with Crippen molar-refractivity contribution in [3.63, 3.8) is 0 Å². The van der Waals surface area contributed by atoms with Crippen molar-refractivity contribution in [3.05, 3.63) is 24.3 Å². The summed E-state index contributed by atoms with van der Waals surface area (Å²) in [5.74, 6) is 0.701. The molecule has 1 aliphatic rings. The van der Waals surface area contributed by atoms with Crippen LogP contribution in [0.25, 0.3) is 0 Å². The van der Waals surface area contributed by atoms with Crippen LogP contribution < -0.4 is 14.8 Å². The summed E-state index contributed by atoms with van der Waals surface area (Å²) < 4.78 is 31.4. The average Bonchev–Trinajstić information content (AvgIpc) is 2.24. The third-order valence-electron chi connectivity index (χ3n) is 2.52. The van der Waals surface area contributed by atoms with Crippen LogP contribution in [0.5, 0.6) is 5.75 Å². The van der Waals surface area contributed by atoms with Gasteiger partial charge in [0.05, 0.1) is 4.90 Å². The summed E-state index contributed by atoms with van der Waals surface area (Å²) in [6.45, 7) is 3.82. The predicted octanol–water partition coefficient (Wildman–Crippen LogP) is 0.335. The van der Waals surface area contributed by atoms with E-state index in [1.807, 2.05) is 0 Å². The molecule has 0 unspecified atom stereocenters. The Hall–Kier alpha value is -1.11. The van der Waals surface area contributed by atoms with Gasteiger partial charge in [-0.3, -0.25) is 0 Å². The van der Waals surface area contributed by atoms with Crippen molar-refractivity contribution in [2.45, 2.75) is 17.9 Å². The molecule has 0 saturated carbocycles. The SMILES string of the molecule is CCNS(=O)(=O)c1ccc(OC2CNC2)cc1. The standard InChI is InChI=1S/C11H16N2O3S/c1-2-13-17(14,15)11-5-3-9(4-6-11)16-10-7-12-8-10/h3-6,10,12-13H,2,7-8H2,1H3. The van der Waals surface area contributed by atoms with Gasteiger partial charge in [0.25, 0.3) is 0 Å². The summed E-state index contributed by atoms with van der Waals surface area (Å²) in [4.78, 5) is 0.262. The van der Waals surface area contributed by atoms with E-state index in [1.165, 1.54) is 0 Å². The van der Waals surface area contributed by atoms with Gasteiger partial charge in [-0.15, -0.1) is 0 Å². The molecule has 1 saturated heterocycles. The number of sulfonamides is 1. The topological polar surface area (TPSA) is 67.4 Å². The van der Waals surface area contributed by atoms with Crippen molar-refractivity contribution in [1.29, 1.82) is 0 Å². The van der Waals surface area contributed by atoms with Crippen LogP contribution >= 0.6 is 0 Å². The van der Waals surface area contributed by atoms with Crippen LogP contribution in [0.4, 0.5) is 0 Å². The van der Waals surface area contributed by atoms with Gasteiger partial charge in [0.15, 0.2) is 0 Å². The largest absolute Gasteiger partial charge is 0.488 e. The Bertz CT molecular complexity index is 466. The molecule has 0 aliphatic carbocycles. The maximum absolute atomic E-state index is 11.7. The second-order valence-electron chi connectivity index (χ2n) is 3.87. The molecule has 0 spiro atoms. The van der Waals surface area contributed by atoms with E-state index >= 15 is 0 Å². The normalized spacial score (nSPS) is 16.5. The van der Waals surface area contributed by atoms with E-state index in [0.717, 1.165) is 13.1 Å². The fourth-order valence-corrected chi connectivity index (χ4v) is 2.55. The van der Waals surface area contributed by atoms with E-state index in [0.29, 0.717) is 12.3 Å². The van der Waals surface area contributed by atoms with Gasteiger partial charge in [-0.25, -0.2) is 13.1 Å². The third-order valence-corrected chi connectivity index (χ3v) is 4.08. The van der Waals surface area contributed by atoms with Gasteiger partial charge in [0.1, 0.15) is 11.9 Å². The minimum Gasteiger partial charge on any atom is -0.488 e. The first-order valence-electron chi connectivity index (χ1n) is 5.59. The maximum Gasteiger partial charge on any atom is 0.240 e. The highest BCUT2D eigenvalue weighted by Crippen LogP contribution is 2.17. The molecular weight excluding hydrogens is 240 g/mol. The molecule has 6 heteroatoms. The van der Waals surface area contributed by atoms with E-state index in [2.05, 4.69) is 10.0 Å². The molecule has 1 aromatic carbocycles. The lowest BCUT2D eigenvalue weighted by atomic mass is 10.2. The highest BCUT2D eigenvalue weighted by molar-refractivity contribution is 7.89. The van der Waals surface area contributed by atoms with Crippen LogP contribution in [0, 0.1) is 0 Å². The van der Waals surface area contributed by atoms with Crippen molar-refractivity contribution < 1.29 is 13.2 Å². The van der Waals surface area contributed by atoms with Crippen LogP contribution in [0.15, 0.2) is 29.2 Å². The Morgan fingerprint density at radius 1 is 1.35 bits per heavy atom. The number of hydrogen-bond donors (Lipinski definition) is 2. The smallest absolute Gasteiger partial charge is 0.240 e. The van der Waals surface area contributed by atoms with E-state index in [4.69, 9.17) is 4.74 Å². The molecule has 0 bridgehead atoms. The summed E-state index contributed by atoms with van der Waals surface area (Å²) in [6, 6.07) is 6.48. The zero-order valence-corrected chi connectivity index (χ0v) is 10.5. The number of nitrogens with one attached hydrogen (secondary N) is 2. The highest BCUT2D eigenvalue weighted by Gasteiger charge is 2.18. The Morgan fingerprint density at radius 3 is 2.47 bits per heavy atom. The molecule has 0 radical (unpaired) electrons. The van der Waals surface area contributed by atoms with E-state index < -0.39 is 10.0 Å². The fourth-order valence-electron chi connectivity index (χ4n) is 1.51. The lowest BCUT2D eigenvalue weighted by Gasteiger charge is -2.27. The van der Waals surface area contributed by atoms with Gasteiger partial charge in [-0.05, 0) is 24.3 Å². The van der Waals surface area contributed by atoms with Crippen molar-refractivity contribution in [2.75, 3.05) is 19.6 Å². The minimum atomic E-state index is -3.37. The minimum absolute atomic E-state index is 0.200. The summed E-state index contributed by atoms with van der Waals surface area (Å²) in [7, 11) is -3.37. The molecule has 94 valence electrons. The molecule has 5 nitrogen and oxygen atoms in total. The van der Waals surface area contributed by atoms with Crippen LogP contribution in [-0.4, -0.2) is 34.2 Å². The Labute approximate surface area is 101 Å². The molecule has 1 aromatic rings. The number of ether oxygens (including phenoxy) is 1. The first-order chi connectivity index (χ1) is 8.12. The van der Waals surface area contributed by atoms with E-state index in [9.17, 15) is 8.42 Å². The second kappa shape index (κ2) is 5.03. The van der Waals surface area contributed by atoms with Gasteiger partial charge in [-0.2, -0.15) is 0 Å². The van der Waals surface area contributed by atoms with Crippen LogP contribution in [-0.2, 0) is 10.0 Å². The lowest BCUT2D eigenvalue weighted by molar-refractivity contribution is 0.142. The van der Waals surface area contributed by atoms with Gasteiger partial charge in [0.2, 0.25) is 10.0 Å². The van der Waals surface area contributed by atoms with E-state index in [-0.39, 0.29) is 11.0 Å². The number of rotatable bonds is 5. The molecule has 0 atom stereocenters. The first-order valence-corrected chi connectivity index (χ1v) is 7.07. The Kier molecular flexibility index (Phi) is 3.66. The fraction of sp³-hybridized carbons (Fsp3) is 0.455. The van der Waals surface area contributed by atoms with Crippen molar-refractivity contribution in [3.8, 4) is 5.75 Å². The number of hydrogen-bond acceptors (Lipinski definition) is 4. The lowest BCUT2D eigenvalue weighted by Crippen LogP contribution is -2.50. The van der Waals surface area contributed by atoms with Gasteiger partial charge < -0.3 is 10.1 Å². The van der Waals surface area contributed by atoms with Crippen molar-refractivity contribution in [2.24, 2.45) is 0 Å². The molecular formula is C11H16N2O3S. The summed E-state index contributed by atoms with van der Waals surface area (Å²) in [5, 5.41) is 3.10. The van der Waals surface area contributed by atoms with E-state index in [1.54, 1.807) is 31.2 Å². The molecule has 2 N–H and O–H groups in total. The molecule has 17 heavy (non-hydrogen) atoms. The van der Waals surface area contributed by atoms with Crippen molar-refractivity contribution >= 4 is 10.0 Å². The molecule has 0 aromatic heterocycles. The summed E-state index contributed by atoms with van der Waals surface area (Å²) in [6.07, 6.45) is 0.200. The maximum atomic E-state index is 11.7. The monoisotopic (exact) mass is 256 g/mol. The average molecular weight is 256 g/mol. The summed E-state index contributed by atoms with van der Waals surface area (Å²) in [5.41, 5.74) is 0. The van der Waals surface area contributed by atoms with Crippen LogP contribution in [0.2, 0.25) is 0 Å². The second-order valence-corrected chi connectivity index (χ2v) is 5.64. The Balaban J connectivity index is 2.06. The molecule has 0 amide bonds. The molecule has 1 heterocycles. The molecule has 2 rings (SSSR count). The first kappa shape index (κ1) is 12.3. The van der Waals surface area contributed by atoms with Gasteiger partial charge in [0, 0.05) is 19.6 Å². The zero-order valence-electron chi connectivity index (χ0n) is 9.64. The van der Waals surface area contributed by atoms with Crippen LogP contribution in [0.1, 0.15) is 6.92 Å². The van der Waals surface area contributed by atoms with Crippen molar-refractivity contribution in [1.82, 2.24) is 10.0 Å². The molecule has 1 fully saturated rings. The molecule has 1 aliphatic heterocycles. The van der Waals surface area contributed by atoms with Gasteiger partial charge in [-0.1, -0.05) is 6.92 Å². The van der Waals surface area contributed by atoms with Crippen LogP contribution in [0.3, 0.4) is 0 Å². The quantitative estimate of drug-likeness (QED) is 0.797. The van der Waals surface area contributed by atoms with Gasteiger partial charge >= 0.3 is 0 Å². The third kappa shape index (κ3) is 2.96. The number of benzene rings is 1. The highest BCUT2D eigenvalue weighted by atomic mass is 32.2. The predicted molar refractivity (Wildman–Crippen MR) is 64.6 cm³/mol. The zero-order chi connectivity index (χ0) is 12.3. The Morgan fingerprint density at radius 2 is 2.00 bits per heavy atom. The summed E-state index contributed by atoms with van der Waals surface area (Å²) >= 11 is 0.